The van der Waals surface area contributed by atoms with Crippen molar-refractivity contribution < 1.29 is 9.84 Å². The highest BCUT2D eigenvalue weighted by Crippen LogP contribution is 2.26. The number of rotatable bonds is 4. The van der Waals surface area contributed by atoms with Gasteiger partial charge < -0.3 is 14.4 Å². The Bertz CT molecular complexity index is 1140. The molecule has 0 amide bonds. The van der Waals surface area contributed by atoms with Crippen molar-refractivity contribution in [2.24, 2.45) is 12.1 Å². The van der Waals surface area contributed by atoms with E-state index in [2.05, 4.69) is 25.7 Å². The van der Waals surface area contributed by atoms with Crippen molar-refractivity contribution in [3.05, 3.63) is 48.0 Å². The van der Waals surface area contributed by atoms with Gasteiger partial charge in [-0.2, -0.15) is 10.1 Å². The summed E-state index contributed by atoms with van der Waals surface area (Å²) in [7, 11) is 3.43. The van der Waals surface area contributed by atoms with E-state index >= 15 is 0 Å². The van der Waals surface area contributed by atoms with Crippen LogP contribution >= 0.6 is 0 Å². The van der Waals surface area contributed by atoms with Gasteiger partial charge >= 0.3 is 0 Å². The number of nitrogens with zero attached hydrogens (tertiary/aromatic N) is 5. The van der Waals surface area contributed by atoms with Crippen LogP contribution in [0.25, 0.3) is 22.1 Å². The summed E-state index contributed by atoms with van der Waals surface area (Å²) in [6, 6.07) is 12.9. The first kappa shape index (κ1) is 15.8. The fraction of sp³-hybridized carbons (Fsp3) is 0.111. The lowest BCUT2D eigenvalue weighted by Crippen LogP contribution is -2.00. The van der Waals surface area contributed by atoms with E-state index in [-0.39, 0.29) is 5.75 Å². The van der Waals surface area contributed by atoms with Crippen molar-refractivity contribution in [1.82, 2.24) is 19.7 Å². The summed E-state index contributed by atoms with van der Waals surface area (Å²) in [6.45, 7) is 0. The number of nitrogens with one attached hydrogen (secondary N) is 1. The SMILES string of the molecule is COc1cc(/C=N/Nc2nnc3c4ccccc4n(C)c3n2)ccc1O. The number of hydrogen-bond acceptors (Lipinski definition) is 7. The Kier molecular flexibility index (Phi) is 3.85. The van der Waals surface area contributed by atoms with E-state index in [1.54, 1.807) is 24.4 Å². The molecular weight excluding hydrogens is 332 g/mol. The van der Waals surface area contributed by atoms with E-state index in [1.165, 1.54) is 7.11 Å². The Morgan fingerprint density at radius 1 is 1.19 bits per heavy atom. The molecule has 0 unspecified atom stereocenters. The number of fused-ring (bicyclic) bond motifs is 3. The number of aryl methyl sites for hydroxylation is 1. The molecule has 0 aliphatic carbocycles. The summed E-state index contributed by atoms with van der Waals surface area (Å²) in [6.07, 6.45) is 1.58. The number of anilines is 1. The number of benzene rings is 2. The number of hydrazone groups is 1. The lowest BCUT2D eigenvalue weighted by atomic mass is 10.2. The smallest absolute Gasteiger partial charge is 0.265 e. The molecule has 8 nitrogen and oxygen atoms in total. The van der Waals surface area contributed by atoms with Crippen LogP contribution in [0.1, 0.15) is 5.56 Å². The number of phenolic OH excluding ortho intramolecular Hbond substituents is 1. The third kappa shape index (κ3) is 2.67. The Hall–Kier alpha value is -3.68. The molecule has 26 heavy (non-hydrogen) atoms. The molecule has 0 fully saturated rings. The Balaban J connectivity index is 1.61. The van der Waals surface area contributed by atoms with Crippen LogP contribution in [0.2, 0.25) is 0 Å². The van der Waals surface area contributed by atoms with Gasteiger partial charge in [0.25, 0.3) is 5.95 Å². The summed E-state index contributed by atoms with van der Waals surface area (Å²) >= 11 is 0. The fourth-order valence-corrected chi connectivity index (χ4v) is 2.79. The van der Waals surface area contributed by atoms with E-state index < -0.39 is 0 Å². The van der Waals surface area contributed by atoms with Crippen LogP contribution in [0.4, 0.5) is 5.95 Å². The van der Waals surface area contributed by atoms with Gasteiger partial charge in [0, 0.05) is 12.4 Å². The van der Waals surface area contributed by atoms with Gasteiger partial charge in [0.1, 0.15) is 5.52 Å². The topological polar surface area (TPSA) is 97.5 Å². The van der Waals surface area contributed by atoms with Gasteiger partial charge in [-0.3, -0.25) is 0 Å². The van der Waals surface area contributed by atoms with Crippen LogP contribution in [0.3, 0.4) is 0 Å². The van der Waals surface area contributed by atoms with Crippen molar-refractivity contribution in [2.75, 3.05) is 12.5 Å². The summed E-state index contributed by atoms with van der Waals surface area (Å²) in [5, 5.41) is 23.1. The molecule has 2 aromatic heterocycles. The van der Waals surface area contributed by atoms with Gasteiger partial charge in [-0.05, 0) is 29.8 Å². The average Bonchev–Trinajstić information content (AvgIpc) is 2.96. The molecule has 0 radical (unpaired) electrons. The maximum atomic E-state index is 9.61. The molecule has 4 aromatic rings. The van der Waals surface area contributed by atoms with Crippen LogP contribution in [-0.4, -0.2) is 38.2 Å². The quantitative estimate of drug-likeness (QED) is 0.435. The van der Waals surface area contributed by atoms with Crippen LogP contribution < -0.4 is 10.2 Å². The van der Waals surface area contributed by atoms with E-state index in [4.69, 9.17) is 4.74 Å². The third-order valence-electron chi connectivity index (χ3n) is 4.09. The Morgan fingerprint density at radius 3 is 2.88 bits per heavy atom. The van der Waals surface area contributed by atoms with Gasteiger partial charge in [0.15, 0.2) is 17.1 Å². The van der Waals surface area contributed by atoms with Crippen molar-refractivity contribution in [3.8, 4) is 11.5 Å². The number of methoxy groups -OCH3 is 1. The van der Waals surface area contributed by atoms with Crippen LogP contribution in [-0.2, 0) is 7.05 Å². The average molecular weight is 348 g/mol. The summed E-state index contributed by atoms with van der Waals surface area (Å²) in [5.41, 5.74) is 6.05. The van der Waals surface area contributed by atoms with E-state index in [9.17, 15) is 5.11 Å². The van der Waals surface area contributed by atoms with E-state index in [0.717, 1.165) is 27.6 Å². The van der Waals surface area contributed by atoms with Gasteiger partial charge in [-0.1, -0.05) is 18.2 Å². The molecule has 0 bridgehead atoms. The van der Waals surface area contributed by atoms with Crippen molar-refractivity contribution in [2.45, 2.75) is 0 Å². The monoisotopic (exact) mass is 348 g/mol. The molecule has 2 aromatic carbocycles. The maximum absolute atomic E-state index is 9.61. The van der Waals surface area contributed by atoms with Crippen molar-refractivity contribution in [3.63, 3.8) is 0 Å². The second kappa shape index (κ2) is 6.32. The van der Waals surface area contributed by atoms with Gasteiger partial charge in [-0.25, -0.2) is 5.43 Å². The van der Waals surface area contributed by atoms with Gasteiger partial charge in [0.05, 0.1) is 18.8 Å². The Labute approximate surface area is 148 Å². The minimum absolute atomic E-state index is 0.0753. The maximum Gasteiger partial charge on any atom is 0.265 e. The number of aromatic nitrogens is 4. The number of aromatic hydroxyl groups is 1. The van der Waals surface area contributed by atoms with Gasteiger partial charge in [-0.15, -0.1) is 10.2 Å². The number of phenols is 1. The largest absolute Gasteiger partial charge is 0.504 e. The second-order valence-electron chi connectivity index (χ2n) is 5.69. The highest BCUT2D eigenvalue weighted by molar-refractivity contribution is 6.04. The lowest BCUT2D eigenvalue weighted by molar-refractivity contribution is 0.373. The van der Waals surface area contributed by atoms with Crippen LogP contribution in [0, 0.1) is 0 Å². The molecular formula is C18H16N6O2. The molecule has 0 aliphatic rings. The standard InChI is InChI=1S/C18H16N6O2/c1-24-13-6-4-3-5-12(13)16-17(24)20-18(23-21-16)22-19-10-11-7-8-14(25)15(9-11)26-2/h3-10,25H,1-2H3,(H,20,22,23)/b19-10+. The van der Waals surface area contributed by atoms with Crippen molar-refractivity contribution >= 4 is 34.2 Å². The predicted molar refractivity (Wildman–Crippen MR) is 99.7 cm³/mol. The van der Waals surface area contributed by atoms with Gasteiger partial charge in [0.2, 0.25) is 0 Å². The first-order valence-electron chi connectivity index (χ1n) is 7.91. The molecule has 2 N–H and O–H groups in total. The zero-order chi connectivity index (χ0) is 18.1. The summed E-state index contributed by atoms with van der Waals surface area (Å²) in [4.78, 5) is 4.49. The molecule has 0 saturated carbocycles. The van der Waals surface area contributed by atoms with Crippen LogP contribution in [0.5, 0.6) is 11.5 Å². The molecule has 0 spiro atoms. The second-order valence-corrected chi connectivity index (χ2v) is 5.69. The van der Waals surface area contributed by atoms with Crippen molar-refractivity contribution in [1.29, 1.82) is 0 Å². The normalized spacial score (nSPS) is 11.5. The molecule has 2 heterocycles. The van der Waals surface area contributed by atoms with E-state index in [0.29, 0.717) is 11.7 Å². The summed E-state index contributed by atoms with van der Waals surface area (Å²) in [5.74, 6) is 0.751. The first-order chi connectivity index (χ1) is 12.7. The highest BCUT2D eigenvalue weighted by Gasteiger charge is 2.11. The summed E-state index contributed by atoms with van der Waals surface area (Å²) < 4.78 is 7.04. The van der Waals surface area contributed by atoms with E-state index in [1.807, 2.05) is 35.9 Å². The lowest BCUT2D eigenvalue weighted by Gasteiger charge is -2.03. The molecule has 0 saturated heterocycles. The Morgan fingerprint density at radius 2 is 2.04 bits per heavy atom. The molecule has 130 valence electrons. The first-order valence-corrected chi connectivity index (χ1v) is 7.91. The minimum Gasteiger partial charge on any atom is -0.504 e. The fourth-order valence-electron chi connectivity index (χ4n) is 2.79. The molecule has 0 aliphatic heterocycles. The highest BCUT2D eigenvalue weighted by atomic mass is 16.5. The minimum atomic E-state index is 0.0753. The molecule has 8 heteroatoms. The predicted octanol–water partition coefficient (Wildman–Crippen LogP) is 2.68. The zero-order valence-electron chi connectivity index (χ0n) is 14.2. The zero-order valence-corrected chi connectivity index (χ0v) is 14.2. The number of para-hydroxylation sites is 1. The number of hydrogen-bond donors (Lipinski definition) is 2. The van der Waals surface area contributed by atoms with Crippen LogP contribution in [0.15, 0.2) is 47.6 Å². The molecule has 4 rings (SSSR count). The third-order valence-corrected chi connectivity index (χ3v) is 4.09. The molecule has 0 atom stereocenters. The number of ether oxygens (including phenoxy) is 1.